The van der Waals surface area contributed by atoms with Crippen LogP contribution in [-0.2, 0) is 20.3 Å². The molecule has 1 rings (SSSR count). The molecule has 0 saturated heterocycles. The molecule has 4 nitrogen and oxygen atoms in total. The van der Waals surface area contributed by atoms with Gasteiger partial charge in [0.1, 0.15) is 11.5 Å². The summed E-state index contributed by atoms with van der Waals surface area (Å²) in [6.07, 6.45) is -0.0552. The van der Waals surface area contributed by atoms with E-state index < -0.39 is 20.6 Å². The van der Waals surface area contributed by atoms with E-state index in [1.54, 1.807) is 12.1 Å². The van der Waals surface area contributed by atoms with Gasteiger partial charge in [0.25, 0.3) is 0 Å². The zero-order chi connectivity index (χ0) is 11.5. The number of benzene rings is 1. The molecule has 82 valence electrons. The first-order valence-corrected chi connectivity index (χ1v) is 6.56. The fourth-order valence-corrected chi connectivity index (χ4v) is 1.99. The summed E-state index contributed by atoms with van der Waals surface area (Å²) in [7, 11) is 1.13. The largest absolute Gasteiger partial charge is 0.508 e. The van der Waals surface area contributed by atoms with Crippen LogP contribution < -0.4 is 0 Å². The Kier molecular flexibility index (Phi) is 3.71. The summed E-state index contributed by atoms with van der Waals surface area (Å²) >= 11 is 0. The summed E-state index contributed by atoms with van der Waals surface area (Å²) in [5.74, 6) is -1.16. The summed E-state index contributed by atoms with van der Waals surface area (Å²) < 4.78 is 21.2. The Labute approximate surface area is 91.9 Å². The van der Waals surface area contributed by atoms with Crippen molar-refractivity contribution in [2.45, 2.75) is 6.42 Å². The molecule has 0 amide bonds. The van der Waals surface area contributed by atoms with Crippen molar-refractivity contribution in [2.24, 2.45) is 0 Å². The Morgan fingerprint density at radius 2 is 2.07 bits per heavy atom. The maximum Gasteiger partial charge on any atom is 0.239 e. The second-order valence-electron chi connectivity index (χ2n) is 3.07. The molecular weight excluding hydrogens is 240 g/mol. The lowest BCUT2D eigenvalue weighted by Crippen LogP contribution is -2.13. The highest BCUT2D eigenvalue weighted by atomic mass is 35.7. The number of hydrogen-bond donors (Lipinski definition) is 1. The Morgan fingerprint density at radius 1 is 1.40 bits per heavy atom. The molecule has 1 aromatic rings. The number of Topliss-reactive ketones (excluding diaryl/α,β-unsaturated/α-hetero) is 1. The molecule has 0 bridgehead atoms. The van der Waals surface area contributed by atoms with Crippen molar-refractivity contribution in [1.29, 1.82) is 0 Å². The number of ketones is 1. The van der Waals surface area contributed by atoms with Gasteiger partial charge in [0.2, 0.25) is 9.05 Å². The first kappa shape index (κ1) is 12.0. The minimum Gasteiger partial charge on any atom is -0.508 e. The van der Waals surface area contributed by atoms with Gasteiger partial charge in [-0.25, -0.2) is 8.42 Å². The summed E-state index contributed by atoms with van der Waals surface area (Å²) in [5, 5.41) is 9.10. The van der Waals surface area contributed by atoms with Crippen LogP contribution in [0.15, 0.2) is 24.3 Å². The van der Waals surface area contributed by atoms with Gasteiger partial charge in [0.05, 0.1) is 0 Å². The van der Waals surface area contributed by atoms with Crippen molar-refractivity contribution in [3.8, 4) is 5.75 Å². The van der Waals surface area contributed by atoms with E-state index in [2.05, 4.69) is 0 Å². The zero-order valence-corrected chi connectivity index (χ0v) is 9.25. The van der Waals surface area contributed by atoms with Gasteiger partial charge in [0, 0.05) is 17.1 Å². The molecule has 0 aromatic heterocycles. The number of phenolic OH excluding ortho intramolecular Hbond substituents is 1. The molecule has 1 aromatic carbocycles. The average molecular weight is 249 g/mol. The van der Waals surface area contributed by atoms with Gasteiger partial charge in [-0.2, -0.15) is 0 Å². The van der Waals surface area contributed by atoms with Crippen molar-refractivity contribution < 1.29 is 18.3 Å². The summed E-state index contributed by atoms with van der Waals surface area (Å²) in [6.45, 7) is 0. The number of phenols is 1. The number of aromatic hydroxyl groups is 1. The number of carbonyl (C=O) groups excluding carboxylic acids is 1. The van der Waals surface area contributed by atoms with Crippen LogP contribution in [0.25, 0.3) is 0 Å². The van der Waals surface area contributed by atoms with Crippen LogP contribution in [0.3, 0.4) is 0 Å². The molecule has 0 spiro atoms. The molecule has 0 unspecified atom stereocenters. The summed E-state index contributed by atoms with van der Waals surface area (Å²) in [6, 6.07) is 6.07. The number of rotatable bonds is 4. The molecule has 1 N–H and O–H groups in total. The van der Waals surface area contributed by atoms with Crippen LogP contribution in [0.2, 0.25) is 0 Å². The molecule has 0 atom stereocenters. The minimum absolute atomic E-state index is 0.0361. The fourth-order valence-electron chi connectivity index (χ4n) is 1.14. The van der Waals surface area contributed by atoms with E-state index in [0.717, 1.165) is 0 Å². The van der Waals surface area contributed by atoms with E-state index in [1.807, 2.05) is 0 Å². The monoisotopic (exact) mass is 248 g/mol. The standard InChI is InChI=1S/C9H9ClO4S/c10-15(13,14)6-9(12)5-7-2-1-3-8(11)4-7/h1-4,11H,5-6H2. The molecule has 0 radical (unpaired) electrons. The number of carbonyl (C=O) groups is 1. The van der Waals surface area contributed by atoms with Crippen molar-refractivity contribution in [2.75, 3.05) is 5.75 Å². The lowest BCUT2D eigenvalue weighted by atomic mass is 10.1. The van der Waals surface area contributed by atoms with Gasteiger partial charge in [-0.3, -0.25) is 4.79 Å². The van der Waals surface area contributed by atoms with E-state index in [0.29, 0.717) is 5.56 Å². The van der Waals surface area contributed by atoms with Crippen molar-refractivity contribution in [3.05, 3.63) is 29.8 Å². The van der Waals surface area contributed by atoms with Crippen LogP contribution >= 0.6 is 10.7 Å². The third kappa shape index (κ3) is 4.80. The Hall–Kier alpha value is -1.07. The molecule has 0 heterocycles. The second kappa shape index (κ2) is 4.63. The van der Waals surface area contributed by atoms with Crippen LogP contribution in [0, 0.1) is 0 Å². The van der Waals surface area contributed by atoms with Crippen molar-refractivity contribution >= 4 is 25.5 Å². The molecule has 6 heteroatoms. The van der Waals surface area contributed by atoms with Gasteiger partial charge in [-0.15, -0.1) is 0 Å². The van der Waals surface area contributed by atoms with Crippen LogP contribution in [0.5, 0.6) is 5.75 Å². The first-order chi connectivity index (χ1) is 6.87. The highest BCUT2D eigenvalue weighted by Gasteiger charge is 2.13. The Balaban J connectivity index is 2.67. The molecule has 0 aliphatic carbocycles. The Bertz CT molecular complexity index is 467. The predicted molar refractivity (Wildman–Crippen MR) is 56.5 cm³/mol. The van der Waals surface area contributed by atoms with Crippen LogP contribution in [0.4, 0.5) is 0 Å². The molecule has 0 fully saturated rings. The first-order valence-electron chi connectivity index (χ1n) is 4.09. The Morgan fingerprint density at radius 3 is 2.60 bits per heavy atom. The van der Waals surface area contributed by atoms with E-state index in [-0.39, 0.29) is 12.2 Å². The van der Waals surface area contributed by atoms with E-state index in [1.165, 1.54) is 12.1 Å². The highest BCUT2D eigenvalue weighted by molar-refractivity contribution is 8.14. The predicted octanol–water partition coefficient (Wildman–Crippen LogP) is 1.07. The molecular formula is C9H9ClO4S. The number of hydrogen-bond acceptors (Lipinski definition) is 4. The van der Waals surface area contributed by atoms with Gasteiger partial charge in [-0.05, 0) is 17.7 Å². The van der Waals surface area contributed by atoms with Crippen molar-refractivity contribution in [3.63, 3.8) is 0 Å². The average Bonchev–Trinajstić information content (AvgIpc) is 1.99. The quantitative estimate of drug-likeness (QED) is 0.810. The van der Waals surface area contributed by atoms with Gasteiger partial charge in [-0.1, -0.05) is 12.1 Å². The van der Waals surface area contributed by atoms with E-state index >= 15 is 0 Å². The van der Waals surface area contributed by atoms with Gasteiger partial charge < -0.3 is 5.11 Å². The lowest BCUT2D eigenvalue weighted by Gasteiger charge is -2.00. The lowest BCUT2D eigenvalue weighted by molar-refractivity contribution is -0.116. The van der Waals surface area contributed by atoms with Crippen LogP contribution in [0.1, 0.15) is 5.56 Å². The second-order valence-corrected chi connectivity index (χ2v) is 5.85. The van der Waals surface area contributed by atoms with Crippen molar-refractivity contribution in [1.82, 2.24) is 0 Å². The highest BCUT2D eigenvalue weighted by Crippen LogP contribution is 2.12. The zero-order valence-electron chi connectivity index (χ0n) is 7.68. The third-order valence-electron chi connectivity index (χ3n) is 1.65. The van der Waals surface area contributed by atoms with Crippen LogP contribution in [-0.4, -0.2) is 25.1 Å². The normalized spacial score (nSPS) is 11.3. The van der Waals surface area contributed by atoms with Gasteiger partial charge in [0.15, 0.2) is 5.78 Å². The molecule has 15 heavy (non-hydrogen) atoms. The van der Waals surface area contributed by atoms with E-state index in [4.69, 9.17) is 15.8 Å². The van der Waals surface area contributed by atoms with Gasteiger partial charge >= 0.3 is 0 Å². The number of halogens is 1. The fraction of sp³-hybridized carbons (Fsp3) is 0.222. The summed E-state index contributed by atoms with van der Waals surface area (Å²) in [5.41, 5.74) is 0.556. The third-order valence-corrected chi connectivity index (χ3v) is 2.64. The SMILES string of the molecule is O=C(Cc1cccc(O)c1)CS(=O)(=O)Cl. The maximum absolute atomic E-state index is 11.2. The smallest absolute Gasteiger partial charge is 0.239 e. The topological polar surface area (TPSA) is 71.4 Å². The van der Waals surface area contributed by atoms with E-state index in [9.17, 15) is 13.2 Å². The minimum atomic E-state index is -3.79. The molecule has 0 aliphatic heterocycles. The molecule has 0 aliphatic rings. The maximum atomic E-state index is 11.2. The molecule has 0 saturated carbocycles. The summed E-state index contributed by atoms with van der Waals surface area (Å²) in [4.78, 5) is 11.2.